The van der Waals surface area contributed by atoms with Crippen molar-refractivity contribution >= 4 is 17.5 Å². The van der Waals surface area contributed by atoms with Gasteiger partial charge in [0.15, 0.2) is 0 Å². The van der Waals surface area contributed by atoms with E-state index in [9.17, 15) is 19.7 Å². The SMILES string of the molecule is CN(Cc1ccc(C(C)(C)C)cc1)CN1C(=O)c2cccc([N+](=O)[O-])c2C1=O. The molecule has 1 aliphatic heterocycles. The van der Waals surface area contributed by atoms with Crippen LogP contribution in [0.3, 0.4) is 0 Å². The minimum atomic E-state index is -0.631. The zero-order valence-corrected chi connectivity index (χ0v) is 16.4. The highest BCUT2D eigenvalue weighted by atomic mass is 16.6. The monoisotopic (exact) mass is 381 g/mol. The smallest absolute Gasteiger partial charge is 0.282 e. The standard InChI is InChI=1S/C21H23N3O4/c1-21(2,3)15-10-8-14(9-11-15)12-22(4)13-23-19(25)16-6-5-7-17(24(27)28)18(16)20(23)26/h5-11H,12-13H2,1-4H3. The molecule has 0 saturated carbocycles. The molecule has 0 aromatic heterocycles. The molecule has 7 nitrogen and oxygen atoms in total. The maximum absolute atomic E-state index is 12.6. The normalized spacial score (nSPS) is 14.0. The van der Waals surface area contributed by atoms with E-state index in [1.54, 1.807) is 7.05 Å². The van der Waals surface area contributed by atoms with Crippen LogP contribution in [-0.2, 0) is 12.0 Å². The van der Waals surface area contributed by atoms with Crippen LogP contribution in [0.2, 0.25) is 0 Å². The van der Waals surface area contributed by atoms with Crippen molar-refractivity contribution in [2.45, 2.75) is 32.7 Å². The highest BCUT2D eigenvalue weighted by Gasteiger charge is 2.41. The van der Waals surface area contributed by atoms with Gasteiger partial charge in [-0.1, -0.05) is 51.1 Å². The van der Waals surface area contributed by atoms with Gasteiger partial charge < -0.3 is 0 Å². The van der Waals surface area contributed by atoms with Crippen molar-refractivity contribution < 1.29 is 14.5 Å². The topological polar surface area (TPSA) is 83.8 Å². The van der Waals surface area contributed by atoms with Gasteiger partial charge in [-0.15, -0.1) is 0 Å². The van der Waals surface area contributed by atoms with Crippen LogP contribution in [-0.4, -0.2) is 40.3 Å². The fourth-order valence-electron chi connectivity index (χ4n) is 3.31. The number of fused-ring (bicyclic) bond motifs is 1. The number of rotatable bonds is 5. The molecule has 0 spiro atoms. The van der Waals surface area contributed by atoms with Gasteiger partial charge >= 0.3 is 0 Å². The Bertz CT molecular complexity index is 945. The van der Waals surface area contributed by atoms with Crippen molar-refractivity contribution in [2.24, 2.45) is 0 Å². The molecule has 0 radical (unpaired) electrons. The van der Waals surface area contributed by atoms with Gasteiger partial charge in [-0.25, -0.2) is 0 Å². The molecular formula is C21H23N3O4. The van der Waals surface area contributed by atoms with E-state index in [1.165, 1.54) is 23.8 Å². The first-order valence-corrected chi connectivity index (χ1v) is 9.01. The lowest BCUT2D eigenvalue weighted by atomic mass is 9.87. The van der Waals surface area contributed by atoms with E-state index in [4.69, 9.17) is 0 Å². The Morgan fingerprint density at radius 3 is 2.25 bits per heavy atom. The second kappa shape index (κ2) is 7.16. The Balaban J connectivity index is 1.74. The van der Waals surface area contributed by atoms with Crippen LogP contribution in [0.1, 0.15) is 52.6 Å². The Labute approximate surface area is 163 Å². The zero-order valence-electron chi connectivity index (χ0n) is 16.4. The van der Waals surface area contributed by atoms with Crippen molar-refractivity contribution in [3.05, 3.63) is 74.8 Å². The fraction of sp³-hybridized carbons (Fsp3) is 0.333. The van der Waals surface area contributed by atoms with Gasteiger partial charge in [0.05, 0.1) is 17.2 Å². The lowest BCUT2D eigenvalue weighted by molar-refractivity contribution is -0.385. The summed E-state index contributed by atoms with van der Waals surface area (Å²) in [6, 6.07) is 12.3. The predicted molar refractivity (Wildman–Crippen MR) is 105 cm³/mol. The number of nitro benzene ring substituents is 1. The predicted octanol–water partition coefficient (Wildman–Crippen LogP) is 3.58. The average Bonchev–Trinajstić information content (AvgIpc) is 2.86. The first kappa shape index (κ1) is 19.7. The van der Waals surface area contributed by atoms with E-state index in [0.29, 0.717) is 6.54 Å². The molecule has 1 aliphatic rings. The van der Waals surface area contributed by atoms with Gasteiger partial charge in [-0.2, -0.15) is 0 Å². The molecule has 0 bridgehead atoms. The lowest BCUT2D eigenvalue weighted by Gasteiger charge is -2.23. The molecule has 3 rings (SSSR count). The maximum atomic E-state index is 12.6. The largest absolute Gasteiger partial charge is 0.284 e. The molecule has 0 saturated heterocycles. The Hall–Kier alpha value is -3.06. The van der Waals surface area contributed by atoms with E-state index >= 15 is 0 Å². The van der Waals surface area contributed by atoms with Gasteiger partial charge in [0.2, 0.25) is 0 Å². The zero-order chi connectivity index (χ0) is 20.6. The molecule has 0 aliphatic carbocycles. The molecule has 2 amide bonds. The molecule has 0 atom stereocenters. The average molecular weight is 381 g/mol. The number of amides is 2. The molecule has 7 heteroatoms. The second-order valence-corrected chi connectivity index (χ2v) is 8.10. The van der Waals surface area contributed by atoms with Crippen LogP contribution in [0.25, 0.3) is 0 Å². The summed E-state index contributed by atoms with van der Waals surface area (Å²) in [6.45, 7) is 7.05. The van der Waals surface area contributed by atoms with Crippen molar-refractivity contribution in [3.8, 4) is 0 Å². The molecule has 28 heavy (non-hydrogen) atoms. The summed E-state index contributed by atoms with van der Waals surface area (Å²) in [5.41, 5.74) is 1.98. The fourth-order valence-corrected chi connectivity index (χ4v) is 3.31. The summed E-state index contributed by atoms with van der Waals surface area (Å²) in [5.74, 6) is -1.12. The van der Waals surface area contributed by atoms with Crippen molar-refractivity contribution in [2.75, 3.05) is 13.7 Å². The number of nitrogens with zero attached hydrogens (tertiary/aromatic N) is 3. The number of carbonyl (C=O) groups excluding carboxylic acids is 2. The molecule has 1 heterocycles. The third-order valence-corrected chi connectivity index (χ3v) is 4.83. The van der Waals surface area contributed by atoms with E-state index in [0.717, 1.165) is 10.5 Å². The number of hydrogen-bond acceptors (Lipinski definition) is 5. The quantitative estimate of drug-likeness (QED) is 0.449. The van der Waals surface area contributed by atoms with Crippen molar-refractivity contribution in [1.29, 1.82) is 0 Å². The third-order valence-electron chi connectivity index (χ3n) is 4.83. The van der Waals surface area contributed by atoms with Gasteiger partial charge in [0.25, 0.3) is 17.5 Å². The van der Waals surface area contributed by atoms with Crippen molar-refractivity contribution in [1.82, 2.24) is 9.80 Å². The molecule has 2 aromatic rings. The molecule has 146 valence electrons. The number of carbonyl (C=O) groups is 2. The summed E-state index contributed by atoms with van der Waals surface area (Å²) in [7, 11) is 1.80. The molecule has 0 N–H and O–H groups in total. The first-order valence-electron chi connectivity index (χ1n) is 9.01. The van der Waals surface area contributed by atoms with Gasteiger partial charge in [0.1, 0.15) is 5.56 Å². The molecular weight excluding hydrogens is 358 g/mol. The Kier molecular flexibility index (Phi) is 5.04. The Morgan fingerprint density at radius 1 is 1.04 bits per heavy atom. The van der Waals surface area contributed by atoms with Crippen LogP contribution in [0.15, 0.2) is 42.5 Å². The lowest BCUT2D eigenvalue weighted by Crippen LogP contribution is -2.39. The first-order chi connectivity index (χ1) is 13.1. The summed E-state index contributed by atoms with van der Waals surface area (Å²) >= 11 is 0. The molecule has 0 unspecified atom stereocenters. The van der Waals surface area contributed by atoms with E-state index in [1.807, 2.05) is 17.0 Å². The van der Waals surface area contributed by atoms with Crippen LogP contribution in [0.4, 0.5) is 5.69 Å². The highest BCUT2D eigenvalue weighted by Crippen LogP contribution is 2.30. The summed E-state index contributed by atoms with van der Waals surface area (Å²) < 4.78 is 0. The van der Waals surface area contributed by atoms with Crippen LogP contribution < -0.4 is 0 Å². The second-order valence-electron chi connectivity index (χ2n) is 8.10. The number of hydrogen-bond donors (Lipinski definition) is 0. The van der Waals surface area contributed by atoms with E-state index in [-0.39, 0.29) is 28.9 Å². The minimum absolute atomic E-state index is 0.0600. The van der Waals surface area contributed by atoms with Gasteiger partial charge in [-0.3, -0.25) is 29.5 Å². The van der Waals surface area contributed by atoms with Gasteiger partial charge in [-0.05, 0) is 29.7 Å². The molecule has 0 fully saturated rings. The van der Waals surface area contributed by atoms with Crippen molar-refractivity contribution in [3.63, 3.8) is 0 Å². The summed E-state index contributed by atoms with van der Waals surface area (Å²) in [5, 5.41) is 11.2. The minimum Gasteiger partial charge on any atom is -0.284 e. The Morgan fingerprint density at radius 2 is 1.68 bits per heavy atom. The van der Waals surface area contributed by atoms with E-state index < -0.39 is 16.7 Å². The van der Waals surface area contributed by atoms with Crippen LogP contribution >= 0.6 is 0 Å². The summed E-state index contributed by atoms with van der Waals surface area (Å²) in [4.78, 5) is 38.7. The number of imide groups is 1. The third kappa shape index (κ3) is 3.66. The van der Waals surface area contributed by atoms with Gasteiger partial charge in [0, 0.05) is 12.6 Å². The number of benzene rings is 2. The number of nitro groups is 1. The molecule has 2 aromatic carbocycles. The van der Waals surface area contributed by atoms with Crippen LogP contribution in [0.5, 0.6) is 0 Å². The highest BCUT2D eigenvalue weighted by molar-refractivity contribution is 6.23. The van der Waals surface area contributed by atoms with E-state index in [2.05, 4.69) is 32.9 Å². The maximum Gasteiger partial charge on any atom is 0.282 e. The summed E-state index contributed by atoms with van der Waals surface area (Å²) in [6.07, 6.45) is 0. The van der Waals surface area contributed by atoms with Crippen LogP contribution in [0, 0.1) is 10.1 Å².